The van der Waals surface area contributed by atoms with Crippen LogP contribution in [0.4, 0.5) is 0 Å². The average molecular weight is 385 g/mol. The molecule has 0 unspecified atom stereocenters. The fraction of sp³-hybridized carbons (Fsp3) is 0.750. The molecular formula is C16H25N4O7-3. The van der Waals surface area contributed by atoms with E-state index in [2.05, 4.69) is 5.32 Å². The van der Waals surface area contributed by atoms with Gasteiger partial charge in [-0.2, -0.15) is 0 Å². The summed E-state index contributed by atoms with van der Waals surface area (Å²) in [6, 6.07) is -1.10. The average Bonchev–Trinajstić information content (AvgIpc) is 2.57. The molecule has 0 aromatic heterocycles. The third kappa shape index (κ3) is 8.33. The number of nitrogens with zero attached hydrogens (tertiary/aromatic N) is 2. The molecule has 2 atom stereocenters. The highest BCUT2D eigenvalue weighted by Gasteiger charge is 2.35. The number of nitrogens with two attached hydrogens (primary N) is 1. The van der Waals surface area contributed by atoms with E-state index in [-0.39, 0.29) is 19.6 Å². The van der Waals surface area contributed by atoms with Crippen LogP contribution in [0.2, 0.25) is 0 Å². The molecule has 0 aromatic rings. The molecule has 0 bridgehead atoms. The summed E-state index contributed by atoms with van der Waals surface area (Å²) in [5, 5.41) is 35.7. The van der Waals surface area contributed by atoms with Crippen molar-refractivity contribution in [2.45, 2.75) is 37.8 Å². The van der Waals surface area contributed by atoms with Crippen LogP contribution >= 0.6 is 0 Å². The van der Waals surface area contributed by atoms with Crippen LogP contribution in [0.25, 0.3) is 0 Å². The number of carboxylic acids is 3. The van der Waals surface area contributed by atoms with Gasteiger partial charge in [0.25, 0.3) is 0 Å². The van der Waals surface area contributed by atoms with Gasteiger partial charge in [0.15, 0.2) is 0 Å². The standard InChI is InChI=1S/C16H28N4O7/c17-5-6-18-13(21)7-19(8-14(22)23)11-3-1-2-4-12(11)20(9-15(24)25)10-16(26)27/h11-12H,1-10,17H2,(H,18,21)(H,22,23)(H,24,25)(H,26,27)/p-3/t11-,12-/m1/s1. The van der Waals surface area contributed by atoms with E-state index in [0.29, 0.717) is 12.8 Å². The summed E-state index contributed by atoms with van der Waals surface area (Å²) in [7, 11) is 0. The van der Waals surface area contributed by atoms with Gasteiger partial charge in [0.05, 0.1) is 24.5 Å². The molecule has 27 heavy (non-hydrogen) atoms. The molecule has 1 aliphatic carbocycles. The van der Waals surface area contributed by atoms with Crippen LogP contribution in [-0.4, -0.2) is 85.0 Å². The van der Waals surface area contributed by atoms with Crippen molar-refractivity contribution in [3.8, 4) is 0 Å². The Hall–Kier alpha value is -2.24. The van der Waals surface area contributed by atoms with Crippen LogP contribution in [-0.2, 0) is 19.2 Å². The monoisotopic (exact) mass is 385 g/mol. The molecule has 11 heteroatoms. The van der Waals surface area contributed by atoms with Gasteiger partial charge in [0.1, 0.15) is 0 Å². The summed E-state index contributed by atoms with van der Waals surface area (Å²) in [6.07, 6.45) is 2.40. The normalized spacial score (nSPS) is 19.8. The molecule has 3 N–H and O–H groups in total. The van der Waals surface area contributed by atoms with E-state index in [4.69, 9.17) is 5.73 Å². The molecule has 0 heterocycles. The molecule has 0 radical (unpaired) electrons. The summed E-state index contributed by atoms with van der Waals surface area (Å²) >= 11 is 0. The Labute approximate surface area is 157 Å². The summed E-state index contributed by atoms with van der Waals surface area (Å²) < 4.78 is 0. The molecule has 154 valence electrons. The Morgan fingerprint density at radius 3 is 1.59 bits per heavy atom. The number of rotatable bonds is 12. The van der Waals surface area contributed by atoms with E-state index in [1.165, 1.54) is 9.80 Å². The number of hydrogen-bond acceptors (Lipinski definition) is 10. The third-order valence-corrected chi connectivity index (χ3v) is 4.44. The zero-order chi connectivity index (χ0) is 20.4. The van der Waals surface area contributed by atoms with E-state index in [1.54, 1.807) is 0 Å². The smallest absolute Gasteiger partial charge is 0.234 e. The van der Waals surface area contributed by atoms with Crippen molar-refractivity contribution in [2.24, 2.45) is 5.73 Å². The van der Waals surface area contributed by atoms with Crippen LogP contribution in [0.5, 0.6) is 0 Å². The first-order valence-electron chi connectivity index (χ1n) is 8.79. The van der Waals surface area contributed by atoms with Gasteiger partial charge in [0, 0.05) is 44.8 Å². The lowest BCUT2D eigenvalue weighted by Crippen LogP contribution is -2.60. The molecule has 0 saturated heterocycles. The van der Waals surface area contributed by atoms with Gasteiger partial charge in [0.2, 0.25) is 5.91 Å². The maximum Gasteiger partial charge on any atom is 0.234 e. The van der Waals surface area contributed by atoms with Crippen LogP contribution in [0.1, 0.15) is 25.7 Å². The first-order chi connectivity index (χ1) is 12.7. The van der Waals surface area contributed by atoms with E-state index < -0.39 is 55.5 Å². The second kappa shape index (κ2) is 11.5. The maximum atomic E-state index is 12.0. The minimum absolute atomic E-state index is 0.225. The molecule has 1 aliphatic rings. The van der Waals surface area contributed by atoms with Gasteiger partial charge in [-0.05, 0) is 12.8 Å². The Morgan fingerprint density at radius 2 is 1.22 bits per heavy atom. The Morgan fingerprint density at radius 1 is 0.815 bits per heavy atom. The van der Waals surface area contributed by atoms with Crippen LogP contribution in [0.3, 0.4) is 0 Å². The van der Waals surface area contributed by atoms with Gasteiger partial charge in [-0.15, -0.1) is 0 Å². The minimum atomic E-state index is -1.45. The van der Waals surface area contributed by atoms with E-state index >= 15 is 0 Å². The Bertz CT molecular complexity index is 527. The molecule has 1 saturated carbocycles. The molecule has 0 aliphatic heterocycles. The predicted octanol–water partition coefficient (Wildman–Crippen LogP) is -5.77. The summed E-state index contributed by atoms with van der Waals surface area (Å²) in [5.74, 6) is -4.73. The van der Waals surface area contributed by atoms with Crippen LogP contribution in [0.15, 0.2) is 0 Å². The van der Waals surface area contributed by atoms with E-state index in [9.17, 15) is 34.5 Å². The Kier molecular flexibility index (Phi) is 9.68. The van der Waals surface area contributed by atoms with Gasteiger partial charge < -0.3 is 40.8 Å². The highest BCUT2D eigenvalue weighted by Crippen LogP contribution is 2.27. The minimum Gasteiger partial charge on any atom is -0.549 e. The molecule has 1 fully saturated rings. The van der Waals surface area contributed by atoms with Gasteiger partial charge in [-0.3, -0.25) is 14.6 Å². The van der Waals surface area contributed by atoms with Crippen molar-refractivity contribution >= 4 is 23.8 Å². The van der Waals surface area contributed by atoms with Crippen molar-refractivity contribution in [1.82, 2.24) is 15.1 Å². The lowest BCUT2D eigenvalue weighted by molar-refractivity contribution is -0.313. The van der Waals surface area contributed by atoms with Crippen molar-refractivity contribution in [2.75, 3.05) is 39.3 Å². The predicted molar refractivity (Wildman–Crippen MR) is 86.3 cm³/mol. The molecular weight excluding hydrogens is 360 g/mol. The number of carbonyl (C=O) groups excluding carboxylic acids is 4. The number of carboxylic acid groups (broad SMARTS) is 3. The van der Waals surface area contributed by atoms with Crippen LogP contribution < -0.4 is 26.4 Å². The van der Waals surface area contributed by atoms with Crippen molar-refractivity contribution in [3.05, 3.63) is 0 Å². The fourth-order valence-corrected chi connectivity index (χ4v) is 3.47. The topological polar surface area (TPSA) is 182 Å². The number of nitrogens with one attached hydrogen (secondary N) is 1. The van der Waals surface area contributed by atoms with Gasteiger partial charge in [-0.1, -0.05) is 12.8 Å². The lowest BCUT2D eigenvalue weighted by atomic mass is 9.87. The highest BCUT2D eigenvalue weighted by molar-refractivity contribution is 5.79. The van der Waals surface area contributed by atoms with Gasteiger partial charge >= 0.3 is 0 Å². The first kappa shape index (κ1) is 22.8. The lowest BCUT2D eigenvalue weighted by Gasteiger charge is -2.45. The van der Waals surface area contributed by atoms with E-state index in [1.807, 2.05) is 0 Å². The summed E-state index contributed by atoms with van der Waals surface area (Å²) in [4.78, 5) is 47.8. The van der Waals surface area contributed by atoms with Crippen LogP contribution in [0, 0.1) is 0 Å². The molecule has 1 amide bonds. The largest absolute Gasteiger partial charge is 0.549 e. The quantitative estimate of drug-likeness (QED) is 0.328. The van der Waals surface area contributed by atoms with Crippen molar-refractivity contribution < 1.29 is 34.5 Å². The SMILES string of the molecule is NCCNC(=O)CN(CC(=O)[O-])[C@@H]1CCCC[C@H]1N(CC(=O)[O-])CC(=O)[O-]. The molecule has 1 rings (SSSR count). The Balaban J connectivity index is 3.01. The number of amides is 1. The van der Waals surface area contributed by atoms with Crippen molar-refractivity contribution in [1.29, 1.82) is 0 Å². The fourth-order valence-electron chi connectivity index (χ4n) is 3.47. The first-order valence-corrected chi connectivity index (χ1v) is 8.79. The number of hydrogen-bond donors (Lipinski definition) is 2. The third-order valence-electron chi connectivity index (χ3n) is 4.44. The number of carbonyl (C=O) groups is 4. The molecule has 0 spiro atoms. The summed E-state index contributed by atoms with van der Waals surface area (Å²) in [5.41, 5.74) is 5.32. The number of aliphatic carboxylic acids is 3. The van der Waals surface area contributed by atoms with E-state index in [0.717, 1.165) is 12.8 Å². The molecule has 11 nitrogen and oxygen atoms in total. The highest BCUT2D eigenvalue weighted by atomic mass is 16.4. The molecule has 0 aromatic carbocycles. The van der Waals surface area contributed by atoms with Crippen molar-refractivity contribution in [3.63, 3.8) is 0 Å². The summed E-state index contributed by atoms with van der Waals surface area (Å²) in [6.45, 7) is -1.60. The second-order valence-corrected chi connectivity index (χ2v) is 6.48. The zero-order valence-corrected chi connectivity index (χ0v) is 15.1. The zero-order valence-electron chi connectivity index (χ0n) is 15.1. The second-order valence-electron chi connectivity index (χ2n) is 6.48. The van der Waals surface area contributed by atoms with Gasteiger partial charge in [-0.25, -0.2) is 0 Å². The maximum absolute atomic E-state index is 12.0.